The van der Waals surface area contributed by atoms with Crippen molar-refractivity contribution in [3.8, 4) is 28.2 Å². The molecule has 2 aliphatic heterocycles. The van der Waals surface area contributed by atoms with Gasteiger partial charge in [0.2, 0.25) is 5.91 Å². The number of amides is 3. The van der Waals surface area contributed by atoms with Crippen molar-refractivity contribution >= 4 is 34.7 Å². The van der Waals surface area contributed by atoms with Crippen molar-refractivity contribution in [3.63, 3.8) is 0 Å². The second-order valence-electron chi connectivity index (χ2n) is 8.69. The quantitative estimate of drug-likeness (QED) is 0.252. The summed E-state index contributed by atoms with van der Waals surface area (Å²) in [6, 6.07) is 13.3. The highest BCUT2D eigenvalue weighted by molar-refractivity contribution is 6.13. The summed E-state index contributed by atoms with van der Waals surface area (Å²) in [5, 5.41) is 23.1. The average Bonchev–Trinajstić information content (AvgIpc) is 3.19. The molecule has 190 valence electrons. The number of imide groups is 1. The third-order valence-electron chi connectivity index (χ3n) is 6.18. The highest BCUT2D eigenvalue weighted by Gasteiger charge is 2.24. The number of carboxylic acids is 1. The molecule has 0 atom stereocenters. The number of carbonyl (C=O) groups is 4. The maximum Gasteiger partial charge on any atom is 0.336 e. The first kappa shape index (κ1) is 24.4. The molecule has 2 aromatic rings. The van der Waals surface area contributed by atoms with Crippen molar-refractivity contribution in [1.82, 2.24) is 10.2 Å². The molecule has 0 aromatic heterocycles. The van der Waals surface area contributed by atoms with Crippen LogP contribution in [0.1, 0.15) is 15.9 Å². The van der Waals surface area contributed by atoms with Gasteiger partial charge in [0.1, 0.15) is 17.1 Å². The van der Waals surface area contributed by atoms with Gasteiger partial charge in [-0.25, -0.2) is 4.79 Å². The van der Waals surface area contributed by atoms with Crippen molar-refractivity contribution in [3.05, 3.63) is 88.1 Å². The topological polar surface area (TPSA) is 154 Å². The molecule has 3 aliphatic rings. The maximum atomic E-state index is 12.5. The van der Waals surface area contributed by atoms with E-state index >= 15 is 0 Å². The molecular weight excluding hydrogens is 492 g/mol. The number of rotatable bonds is 7. The monoisotopic (exact) mass is 512 g/mol. The van der Waals surface area contributed by atoms with E-state index in [2.05, 4.69) is 5.32 Å². The molecule has 5 rings (SSSR count). The van der Waals surface area contributed by atoms with Crippen molar-refractivity contribution in [2.24, 2.45) is 0 Å². The molecule has 0 unspecified atom stereocenters. The van der Waals surface area contributed by atoms with Crippen LogP contribution in [0.25, 0.3) is 33.4 Å². The first-order chi connectivity index (χ1) is 18.2. The zero-order valence-corrected chi connectivity index (χ0v) is 19.8. The van der Waals surface area contributed by atoms with E-state index in [4.69, 9.17) is 4.42 Å². The van der Waals surface area contributed by atoms with Gasteiger partial charge in [0, 0.05) is 53.9 Å². The van der Waals surface area contributed by atoms with Crippen LogP contribution >= 0.6 is 0 Å². The van der Waals surface area contributed by atoms with Gasteiger partial charge >= 0.3 is 5.97 Å². The fraction of sp³-hybridized carbons (Fsp3) is 0.107. The van der Waals surface area contributed by atoms with E-state index in [1.165, 1.54) is 30.3 Å². The number of carboxylic acid groups (broad SMARTS) is 1. The van der Waals surface area contributed by atoms with Gasteiger partial charge in [0.15, 0.2) is 5.43 Å². The van der Waals surface area contributed by atoms with Crippen molar-refractivity contribution in [2.75, 3.05) is 13.1 Å². The molecule has 0 spiro atoms. The highest BCUT2D eigenvalue weighted by atomic mass is 16.4. The smallest absolute Gasteiger partial charge is 0.336 e. The molecule has 38 heavy (non-hydrogen) atoms. The Kier molecular flexibility index (Phi) is 6.21. The van der Waals surface area contributed by atoms with E-state index in [0.29, 0.717) is 27.6 Å². The van der Waals surface area contributed by atoms with Gasteiger partial charge in [-0.05, 0) is 41.5 Å². The predicted octanol–water partition coefficient (Wildman–Crippen LogP) is 2.55. The van der Waals surface area contributed by atoms with Gasteiger partial charge < -0.3 is 19.9 Å². The summed E-state index contributed by atoms with van der Waals surface area (Å²) in [7, 11) is 0. The van der Waals surface area contributed by atoms with Gasteiger partial charge in [-0.1, -0.05) is 12.1 Å². The van der Waals surface area contributed by atoms with Crippen LogP contribution in [0.4, 0.5) is 0 Å². The number of carbonyl (C=O) groups excluding carboxylic acids is 3. The number of benzene rings is 3. The van der Waals surface area contributed by atoms with Crippen LogP contribution < -0.4 is 10.7 Å². The SMILES string of the molecule is O=C(Cc1ccc(-c2c3ccc(=O)cc-3oc3cc(O)ccc23)c(C(=O)O)c1)NCCN1C(=O)C=CC1=O. The van der Waals surface area contributed by atoms with Crippen LogP contribution in [0.3, 0.4) is 0 Å². The Labute approximate surface area is 214 Å². The number of aromatic carboxylic acids is 1. The molecule has 0 saturated carbocycles. The minimum atomic E-state index is -1.22. The number of phenols is 1. The molecule has 0 radical (unpaired) electrons. The molecule has 0 bridgehead atoms. The van der Waals surface area contributed by atoms with Crippen LogP contribution in [-0.2, 0) is 20.8 Å². The van der Waals surface area contributed by atoms with E-state index in [0.717, 1.165) is 17.1 Å². The second kappa shape index (κ2) is 9.66. The fourth-order valence-corrected chi connectivity index (χ4v) is 4.45. The minimum Gasteiger partial charge on any atom is -0.508 e. The van der Waals surface area contributed by atoms with Crippen LogP contribution in [-0.4, -0.2) is 51.9 Å². The molecule has 10 nitrogen and oxygen atoms in total. The first-order valence-electron chi connectivity index (χ1n) is 11.6. The van der Waals surface area contributed by atoms with E-state index in [-0.39, 0.29) is 47.6 Å². The van der Waals surface area contributed by atoms with Crippen molar-refractivity contribution in [1.29, 1.82) is 0 Å². The summed E-state index contributed by atoms with van der Waals surface area (Å²) in [5.41, 5.74) is 1.70. The Morgan fingerprint density at radius 3 is 2.37 bits per heavy atom. The fourth-order valence-electron chi connectivity index (χ4n) is 4.45. The van der Waals surface area contributed by atoms with Gasteiger partial charge in [-0.2, -0.15) is 0 Å². The standard InChI is InChI=1S/C28H20N2O8/c31-16-2-5-19-22(13-16)38-23-14-17(32)3-6-20(23)27(19)18-4-1-15(11-21(18)28(36)37)12-24(33)29-9-10-30-25(34)7-8-26(30)35/h1-8,11,13-14,31H,9-10,12H2,(H,29,33)(H,36,37). The Hall–Kier alpha value is -5.25. The number of hydrogen-bond acceptors (Lipinski definition) is 7. The van der Waals surface area contributed by atoms with Gasteiger partial charge in [0.25, 0.3) is 11.8 Å². The molecule has 1 aliphatic carbocycles. The molecule has 3 amide bonds. The van der Waals surface area contributed by atoms with Crippen LogP contribution in [0.5, 0.6) is 5.75 Å². The lowest BCUT2D eigenvalue weighted by Gasteiger charge is -2.17. The summed E-state index contributed by atoms with van der Waals surface area (Å²) in [4.78, 5) is 61.0. The number of hydrogen-bond donors (Lipinski definition) is 3. The summed E-state index contributed by atoms with van der Waals surface area (Å²) in [6.45, 7) is 0.0808. The summed E-state index contributed by atoms with van der Waals surface area (Å²) >= 11 is 0. The largest absolute Gasteiger partial charge is 0.508 e. The Morgan fingerprint density at radius 1 is 0.895 bits per heavy atom. The number of fused-ring (bicyclic) bond motifs is 2. The van der Waals surface area contributed by atoms with Crippen molar-refractivity contribution < 1.29 is 33.8 Å². The summed E-state index contributed by atoms with van der Waals surface area (Å²) in [5.74, 6) is -2.34. The number of phenolic OH excluding ortho intramolecular Hbond substituents is 1. The second-order valence-corrected chi connectivity index (χ2v) is 8.69. The number of nitrogens with one attached hydrogen (secondary N) is 1. The van der Waals surface area contributed by atoms with E-state index in [9.17, 15) is 34.2 Å². The van der Waals surface area contributed by atoms with E-state index in [1.54, 1.807) is 24.3 Å². The highest BCUT2D eigenvalue weighted by Crippen LogP contribution is 2.42. The molecular formula is C28H20N2O8. The molecule has 10 heteroatoms. The Morgan fingerprint density at radius 2 is 1.63 bits per heavy atom. The number of aromatic hydroxyl groups is 1. The number of nitrogens with zero attached hydrogens (tertiary/aromatic N) is 1. The molecule has 2 aromatic carbocycles. The minimum absolute atomic E-state index is 0.0234. The maximum absolute atomic E-state index is 12.5. The van der Waals surface area contributed by atoms with Crippen molar-refractivity contribution in [2.45, 2.75) is 6.42 Å². The lowest BCUT2D eigenvalue weighted by molar-refractivity contribution is -0.137. The third-order valence-corrected chi connectivity index (χ3v) is 6.18. The van der Waals surface area contributed by atoms with E-state index in [1.807, 2.05) is 0 Å². The molecule has 0 fully saturated rings. The lowest BCUT2D eigenvalue weighted by Crippen LogP contribution is -2.38. The lowest BCUT2D eigenvalue weighted by atomic mass is 9.89. The zero-order chi connectivity index (χ0) is 27.0. The van der Waals surface area contributed by atoms with Gasteiger partial charge in [0.05, 0.1) is 12.0 Å². The average molecular weight is 512 g/mol. The van der Waals surface area contributed by atoms with Crippen LogP contribution in [0.15, 0.2) is 76.0 Å². The first-order valence-corrected chi connectivity index (χ1v) is 11.6. The molecule has 0 saturated heterocycles. The van der Waals surface area contributed by atoms with Gasteiger partial charge in [-0.3, -0.25) is 24.1 Å². The molecule has 2 heterocycles. The summed E-state index contributed by atoms with van der Waals surface area (Å²) < 4.78 is 5.82. The van der Waals surface area contributed by atoms with Crippen LogP contribution in [0, 0.1) is 0 Å². The predicted molar refractivity (Wildman–Crippen MR) is 136 cm³/mol. The Balaban J connectivity index is 1.46. The third kappa shape index (κ3) is 4.62. The zero-order valence-electron chi connectivity index (χ0n) is 19.8. The Bertz CT molecular complexity index is 1680. The summed E-state index contributed by atoms with van der Waals surface area (Å²) in [6.07, 6.45) is 2.20. The molecule has 3 N–H and O–H groups in total. The van der Waals surface area contributed by atoms with Crippen LogP contribution in [0.2, 0.25) is 0 Å². The van der Waals surface area contributed by atoms with E-state index < -0.39 is 23.7 Å². The van der Waals surface area contributed by atoms with Gasteiger partial charge in [-0.15, -0.1) is 0 Å². The normalized spacial score (nSPS) is 13.0.